The summed E-state index contributed by atoms with van der Waals surface area (Å²) < 4.78 is 0. The van der Waals surface area contributed by atoms with Gasteiger partial charge >= 0.3 is 0 Å². The van der Waals surface area contributed by atoms with Crippen LogP contribution >= 0.6 is 0 Å². The first-order valence-corrected chi connectivity index (χ1v) is 1.72. The second kappa shape index (κ2) is 15.7. The van der Waals surface area contributed by atoms with E-state index >= 15 is 0 Å². The van der Waals surface area contributed by atoms with Gasteiger partial charge in [-0.05, 0) is 13.0 Å². The van der Waals surface area contributed by atoms with Crippen molar-refractivity contribution in [3.05, 3.63) is 0 Å². The number of aliphatic hydroxyl groups excluding tert-OH is 1. The molecule has 7 heavy (non-hydrogen) atoms. The van der Waals surface area contributed by atoms with Gasteiger partial charge in [-0.1, -0.05) is 0 Å². The number of aliphatic hydroxyl groups is 1. The Morgan fingerprint density at radius 2 is 1.71 bits per heavy atom. The van der Waals surface area contributed by atoms with Crippen molar-refractivity contribution >= 4 is 59.1 Å². The van der Waals surface area contributed by atoms with Crippen LogP contribution in [0.25, 0.3) is 0 Å². The molecule has 0 spiro atoms. The van der Waals surface area contributed by atoms with E-state index in [1.807, 2.05) is 0 Å². The first-order valence-electron chi connectivity index (χ1n) is 1.72. The Bertz CT molecular complexity index is 20.4. The predicted molar refractivity (Wildman–Crippen MR) is 32.3 cm³/mol. The van der Waals surface area contributed by atoms with Crippen LogP contribution in [-0.4, -0.2) is 77.4 Å². The van der Waals surface area contributed by atoms with E-state index in [1.165, 1.54) is 0 Å². The van der Waals surface area contributed by atoms with Crippen molar-refractivity contribution in [2.24, 2.45) is 5.73 Å². The molecule has 0 unspecified atom stereocenters. The Hall–Kier alpha value is 1.92. The SMILES string of the molecule is NCCCO.[Na].[Na]. The van der Waals surface area contributed by atoms with E-state index in [-0.39, 0.29) is 65.7 Å². The van der Waals surface area contributed by atoms with Crippen molar-refractivity contribution in [1.82, 2.24) is 0 Å². The summed E-state index contributed by atoms with van der Waals surface area (Å²) >= 11 is 0. The standard InChI is InChI=1S/C3H9NO.2Na/c4-2-1-3-5;;/h5H,1-4H2;;. The van der Waals surface area contributed by atoms with Crippen LogP contribution in [0.5, 0.6) is 0 Å². The molecule has 2 nitrogen and oxygen atoms in total. The number of nitrogens with two attached hydrogens (primary N) is 1. The van der Waals surface area contributed by atoms with Crippen molar-refractivity contribution in [3.63, 3.8) is 0 Å². The minimum Gasteiger partial charge on any atom is -0.396 e. The molecular formula is C3H9NNa2O. The van der Waals surface area contributed by atoms with Crippen molar-refractivity contribution in [2.75, 3.05) is 13.2 Å². The molecule has 0 saturated heterocycles. The van der Waals surface area contributed by atoms with Gasteiger partial charge in [0.25, 0.3) is 0 Å². The molecule has 0 atom stereocenters. The van der Waals surface area contributed by atoms with Crippen molar-refractivity contribution in [3.8, 4) is 0 Å². The van der Waals surface area contributed by atoms with Crippen LogP contribution in [0.3, 0.4) is 0 Å². The molecule has 0 rings (SSSR count). The molecule has 0 aliphatic rings. The molecule has 3 N–H and O–H groups in total. The Morgan fingerprint density at radius 3 is 1.71 bits per heavy atom. The van der Waals surface area contributed by atoms with Gasteiger partial charge in [0.2, 0.25) is 0 Å². The molecule has 0 heterocycles. The van der Waals surface area contributed by atoms with Gasteiger partial charge in [-0.25, -0.2) is 0 Å². The quantitative estimate of drug-likeness (QED) is 0.440. The molecule has 2 radical (unpaired) electrons. The van der Waals surface area contributed by atoms with Crippen molar-refractivity contribution in [2.45, 2.75) is 6.42 Å². The molecule has 4 heteroatoms. The third-order valence-electron chi connectivity index (χ3n) is 0.362. The van der Waals surface area contributed by atoms with Crippen LogP contribution < -0.4 is 5.73 Å². The summed E-state index contributed by atoms with van der Waals surface area (Å²) in [5.41, 5.74) is 4.98. The van der Waals surface area contributed by atoms with E-state index in [2.05, 4.69) is 0 Å². The van der Waals surface area contributed by atoms with E-state index in [0.29, 0.717) is 6.54 Å². The van der Waals surface area contributed by atoms with E-state index < -0.39 is 0 Å². The van der Waals surface area contributed by atoms with E-state index in [0.717, 1.165) is 6.42 Å². The largest absolute Gasteiger partial charge is 0.396 e. The first-order chi connectivity index (χ1) is 2.41. The van der Waals surface area contributed by atoms with Crippen LogP contribution in [-0.2, 0) is 0 Å². The van der Waals surface area contributed by atoms with E-state index in [1.54, 1.807) is 0 Å². The van der Waals surface area contributed by atoms with Crippen molar-refractivity contribution in [1.29, 1.82) is 0 Å². The van der Waals surface area contributed by atoms with Gasteiger partial charge in [0, 0.05) is 65.7 Å². The van der Waals surface area contributed by atoms with Crippen molar-refractivity contribution < 1.29 is 5.11 Å². The maximum absolute atomic E-state index is 7.99. The van der Waals surface area contributed by atoms with Gasteiger partial charge in [-0.2, -0.15) is 0 Å². The maximum Gasteiger partial charge on any atom is 0.0443 e. The zero-order valence-corrected chi connectivity index (χ0v) is 9.15. The van der Waals surface area contributed by atoms with E-state index in [4.69, 9.17) is 10.8 Å². The van der Waals surface area contributed by atoms with Gasteiger partial charge in [0.1, 0.15) is 0 Å². The molecule has 34 valence electrons. The summed E-state index contributed by atoms with van der Waals surface area (Å²) in [6, 6.07) is 0. The van der Waals surface area contributed by atoms with Gasteiger partial charge in [-0.3, -0.25) is 0 Å². The first kappa shape index (κ1) is 16.0. The fourth-order valence-electron chi connectivity index (χ4n) is 0.0913. The minimum absolute atomic E-state index is 0. The monoisotopic (exact) mass is 121 g/mol. The summed E-state index contributed by atoms with van der Waals surface area (Å²) in [6.45, 7) is 0.812. The third kappa shape index (κ3) is 18.1. The summed E-state index contributed by atoms with van der Waals surface area (Å²) in [6.07, 6.45) is 0.722. The van der Waals surface area contributed by atoms with E-state index in [9.17, 15) is 0 Å². The Balaban J connectivity index is -0.0000000800. The Morgan fingerprint density at radius 1 is 1.29 bits per heavy atom. The van der Waals surface area contributed by atoms with Crippen LogP contribution in [0.15, 0.2) is 0 Å². The van der Waals surface area contributed by atoms with Gasteiger partial charge in [0.05, 0.1) is 0 Å². The fraction of sp³-hybridized carbons (Fsp3) is 1.00. The summed E-state index contributed by atoms with van der Waals surface area (Å²) in [5, 5.41) is 7.99. The molecule has 0 saturated carbocycles. The normalized spacial score (nSPS) is 6.00. The third-order valence-corrected chi connectivity index (χ3v) is 0.362. The topological polar surface area (TPSA) is 46.2 Å². The molecule has 0 aromatic heterocycles. The molecule has 0 amide bonds. The van der Waals surface area contributed by atoms with Gasteiger partial charge < -0.3 is 10.8 Å². The minimum atomic E-state index is 0. The summed E-state index contributed by atoms with van der Waals surface area (Å²) in [4.78, 5) is 0. The molecule has 0 aromatic carbocycles. The second-order valence-electron chi connectivity index (χ2n) is 0.866. The molecule has 0 bridgehead atoms. The zero-order chi connectivity index (χ0) is 4.12. The molecule has 0 aromatic rings. The fourth-order valence-corrected chi connectivity index (χ4v) is 0.0913. The van der Waals surface area contributed by atoms with Crippen LogP contribution in [0, 0.1) is 0 Å². The Kier molecular flexibility index (Phi) is 35.7. The van der Waals surface area contributed by atoms with Crippen LogP contribution in [0.2, 0.25) is 0 Å². The van der Waals surface area contributed by atoms with Crippen LogP contribution in [0.1, 0.15) is 6.42 Å². The van der Waals surface area contributed by atoms with Gasteiger partial charge in [0.15, 0.2) is 0 Å². The number of hydrogen-bond acceptors (Lipinski definition) is 2. The maximum atomic E-state index is 7.99. The summed E-state index contributed by atoms with van der Waals surface area (Å²) in [5.74, 6) is 0. The molecule has 0 aliphatic carbocycles. The predicted octanol–water partition coefficient (Wildman–Crippen LogP) is -1.43. The molecular weight excluding hydrogens is 112 g/mol. The molecule has 0 aliphatic heterocycles. The van der Waals surface area contributed by atoms with Gasteiger partial charge in [-0.15, -0.1) is 0 Å². The average Bonchev–Trinajstić information content (AvgIpc) is 1.41. The number of hydrogen-bond donors (Lipinski definition) is 2. The Labute approximate surface area is 88.4 Å². The zero-order valence-electron chi connectivity index (χ0n) is 5.15. The molecule has 0 fully saturated rings. The second-order valence-corrected chi connectivity index (χ2v) is 0.866. The number of rotatable bonds is 2. The average molecular weight is 121 g/mol. The van der Waals surface area contributed by atoms with Crippen LogP contribution in [0.4, 0.5) is 0 Å². The summed E-state index contributed by atoms with van der Waals surface area (Å²) in [7, 11) is 0. The smallest absolute Gasteiger partial charge is 0.0443 e.